The predicted octanol–water partition coefficient (Wildman–Crippen LogP) is 2.90. The van der Waals surface area contributed by atoms with E-state index in [0.29, 0.717) is 0 Å². The number of nitrogens with zero attached hydrogens (tertiary/aromatic N) is 1. The molecular formula is C11H10ClF3N2O. The van der Waals surface area contributed by atoms with Gasteiger partial charge in [0.25, 0.3) is 0 Å². The summed E-state index contributed by atoms with van der Waals surface area (Å²) >= 11 is 5.50. The van der Waals surface area contributed by atoms with Crippen LogP contribution in [0, 0.1) is 0 Å². The third-order valence-electron chi connectivity index (χ3n) is 1.89. The molecule has 1 N–H and O–H groups in total. The molecule has 0 aliphatic rings. The first-order valence-electron chi connectivity index (χ1n) is 4.95. The zero-order chi connectivity index (χ0) is 13.8. The fourth-order valence-corrected chi connectivity index (χ4v) is 1.37. The topological polar surface area (TPSA) is 42.0 Å². The van der Waals surface area contributed by atoms with Gasteiger partial charge in [0.05, 0.1) is 0 Å². The Balaban J connectivity index is 2.84. The molecule has 0 saturated heterocycles. The summed E-state index contributed by atoms with van der Waals surface area (Å²) in [7, 11) is 0. The summed E-state index contributed by atoms with van der Waals surface area (Å²) in [6, 6.07) is 2.19. The second kappa shape index (κ2) is 5.86. The number of nitrogens with one attached hydrogen (secondary N) is 1. The van der Waals surface area contributed by atoms with E-state index in [-0.39, 0.29) is 23.2 Å². The minimum absolute atomic E-state index is 0.219. The SMILES string of the molecule is CC(=O)NCC=Cc1cc(Cl)nc(C(F)(F)F)c1. The lowest BCUT2D eigenvalue weighted by Gasteiger charge is -2.06. The molecule has 0 aromatic carbocycles. The fourth-order valence-electron chi connectivity index (χ4n) is 1.16. The molecule has 18 heavy (non-hydrogen) atoms. The fraction of sp³-hybridized carbons (Fsp3) is 0.273. The first-order valence-corrected chi connectivity index (χ1v) is 5.32. The van der Waals surface area contributed by atoms with E-state index < -0.39 is 11.9 Å². The van der Waals surface area contributed by atoms with E-state index >= 15 is 0 Å². The van der Waals surface area contributed by atoms with E-state index in [1.165, 1.54) is 25.1 Å². The molecule has 1 aromatic heterocycles. The van der Waals surface area contributed by atoms with Crippen LogP contribution >= 0.6 is 11.6 Å². The summed E-state index contributed by atoms with van der Waals surface area (Å²) in [5, 5.41) is 2.25. The van der Waals surface area contributed by atoms with Crippen molar-refractivity contribution in [3.8, 4) is 0 Å². The average molecular weight is 279 g/mol. The maximum Gasteiger partial charge on any atom is 0.433 e. The number of halogens is 4. The number of hydrogen-bond acceptors (Lipinski definition) is 2. The van der Waals surface area contributed by atoms with E-state index in [1.54, 1.807) is 0 Å². The molecule has 1 amide bonds. The van der Waals surface area contributed by atoms with Gasteiger partial charge < -0.3 is 5.32 Å². The van der Waals surface area contributed by atoms with Crippen molar-refractivity contribution in [3.05, 3.63) is 34.6 Å². The molecule has 98 valence electrons. The highest BCUT2D eigenvalue weighted by atomic mass is 35.5. The van der Waals surface area contributed by atoms with Crippen LogP contribution in [-0.2, 0) is 11.0 Å². The van der Waals surface area contributed by atoms with Crippen LogP contribution in [0.25, 0.3) is 6.08 Å². The smallest absolute Gasteiger partial charge is 0.353 e. The lowest BCUT2D eigenvalue weighted by atomic mass is 10.2. The molecular weight excluding hydrogens is 269 g/mol. The van der Waals surface area contributed by atoms with Crippen LogP contribution in [-0.4, -0.2) is 17.4 Å². The van der Waals surface area contributed by atoms with Gasteiger partial charge in [0, 0.05) is 13.5 Å². The molecule has 0 radical (unpaired) electrons. The van der Waals surface area contributed by atoms with Gasteiger partial charge in [-0.25, -0.2) is 4.98 Å². The Morgan fingerprint density at radius 1 is 1.50 bits per heavy atom. The van der Waals surface area contributed by atoms with Crippen molar-refractivity contribution < 1.29 is 18.0 Å². The Hall–Kier alpha value is -1.56. The molecule has 3 nitrogen and oxygen atoms in total. The summed E-state index contributed by atoms with van der Waals surface area (Å²) in [5.41, 5.74) is -0.776. The average Bonchev–Trinajstić information content (AvgIpc) is 2.22. The van der Waals surface area contributed by atoms with Crippen molar-refractivity contribution in [2.24, 2.45) is 0 Å². The normalized spacial score (nSPS) is 11.8. The Kier molecular flexibility index (Phi) is 4.72. The van der Waals surface area contributed by atoms with Crippen LogP contribution in [0.5, 0.6) is 0 Å². The molecule has 0 aliphatic heterocycles. The van der Waals surface area contributed by atoms with E-state index in [1.807, 2.05) is 0 Å². The van der Waals surface area contributed by atoms with Crippen molar-refractivity contribution in [2.75, 3.05) is 6.54 Å². The molecule has 0 unspecified atom stereocenters. The third-order valence-corrected chi connectivity index (χ3v) is 2.08. The number of alkyl halides is 3. The summed E-state index contributed by atoms with van der Waals surface area (Å²) in [4.78, 5) is 13.8. The minimum atomic E-state index is -4.54. The summed E-state index contributed by atoms with van der Waals surface area (Å²) in [6.45, 7) is 1.58. The van der Waals surface area contributed by atoms with Crippen LogP contribution in [0.15, 0.2) is 18.2 Å². The van der Waals surface area contributed by atoms with E-state index in [9.17, 15) is 18.0 Å². The Morgan fingerprint density at radius 2 is 2.17 bits per heavy atom. The molecule has 7 heteroatoms. The van der Waals surface area contributed by atoms with Gasteiger partial charge in [0.1, 0.15) is 10.8 Å². The zero-order valence-corrected chi connectivity index (χ0v) is 10.1. The van der Waals surface area contributed by atoms with Crippen molar-refractivity contribution >= 4 is 23.6 Å². The molecule has 0 saturated carbocycles. The maximum atomic E-state index is 12.4. The predicted molar refractivity (Wildman–Crippen MR) is 62.0 cm³/mol. The Morgan fingerprint density at radius 3 is 2.72 bits per heavy atom. The summed E-state index contributed by atoms with van der Waals surface area (Å²) in [5.74, 6) is -0.219. The highest BCUT2D eigenvalue weighted by molar-refractivity contribution is 6.29. The number of aromatic nitrogens is 1. The maximum absolute atomic E-state index is 12.4. The van der Waals surface area contributed by atoms with Crippen molar-refractivity contribution in [2.45, 2.75) is 13.1 Å². The van der Waals surface area contributed by atoms with Gasteiger partial charge in [0.15, 0.2) is 0 Å². The molecule has 0 atom stereocenters. The van der Waals surface area contributed by atoms with Gasteiger partial charge in [-0.2, -0.15) is 13.2 Å². The van der Waals surface area contributed by atoms with Crippen LogP contribution < -0.4 is 5.32 Å². The lowest BCUT2D eigenvalue weighted by Crippen LogP contribution is -2.19. The van der Waals surface area contributed by atoms with Crippen LogP contribution in [0.3, 0.4) is 0 Å². The van der Waals surface area contributed by atoms with Crippen molar-refractivity contribution in [1.29, 1.82) is 0 Å². The summed E-state index contributed by atoms with van der Waals surface area (Å²) in [6.07, 6.45) is -1.59. The lowest BCUT2D eigenvalue weighted by molar-refractivity contribution is -0.141. The van der Waals surface area contributed by atoms with Crippen LogP contribution in [0.1, 0.15) is 18.2 Å². The Bertz CT molecular complexity index is 472. The van der Waals surface area contributed by atoms with E-state index in [4.69, 9.17) is 11.6 Å². The van der Waals surface area contributed by atoms with Crippen LogP contribution in [0.4, 0.5) is 13.2 Å². The van der Waals surface area contributed by atoms with Gasteiger partial charge >= 0.3 is 6.18 Å². The summed E-state index contributed by atoms with van der Waals surface area (Å²) < 4.78 is 37.3. The highest BCUT2D eigenvalue weighted by Gasteiger charge is 2.32. The van der Waals surface area contributed by atoms with E-state index in [0.717, 1.165) is 6.07 Å². The monoisotopic (exact) mass is 278 g/mol. The largest absolute Gasteiger partial charge is 0.433 e. The van der Waals surface area contributed by atoms with Gasteiger partial charge in [-0.05, 0) is 17.7 Å². The highest BCUT2D eigenvalue weighted by Crippen LogP contribution is 2.29. The minimum Gasteiger partial charge on any atom is -0.353 e. The van der Waals surface area contributed by atoms with E-state index in [2.05, 4.69) is 10.3 Å². The van der Waals surface area contributed by atoms with Crippen LogP contribution in [0.2, 0.25) is 5.15 Å². The first kappa shape index (κ1) is 14.5. The second-order valence-corrected chi connectivity index (χ2v) is 3.83. The van der Waals surface area contributed by atoms with Gasteiger partial charge in [0.2, 0.25) is 5.91 Å². The van der Waals surface area contributed by atoms with Gasteiger partial charge in [-0.15, -0.1) is 0 Å². The number of amides is 1. The standard InChI is InChI=1S/C11H10ClF3N2O/c1-7(18)16-4-2-3-8-5-9(11(13,14)15)17-10(12)6-8/h2-3,5-6H,4H2,1H3,(H,16,18). The number of hydrogen-bond donors (Lipinski definition) is 1. The number of carbonyl (C=O) groups is 1. The van der Waals surface area contributed by atoms with Gasteiger partial charge in [-0.1, -0.05) is 23.8 Å². The molecule has 0 spiro atoms. The first-order chi connectivity index (χ1) is 8.29. The number of pyridine rings is 1. The zero-order valence-electron chi connectivity index (χ0n) is 9.38. The second-order valence-electron chi connectivity index (χ2n) is 3.45. The molecule has 1 rings (SSSR count). The van der Waals surface area contributed by atoms with Crippen molar-refractivity contribution in [1.82, 2.24) is 10.3 Å². The Labute approximate surface area is 107 Å². The molecule has 1 aromatic rings. The number of carbonyl (C=O) groups excluding carboxylic acids is 1. The molecule has 0 bridgehead atoms. The van der Waals surface area contributed by atoms with Gasteiger partial charge in [-0.3, -0.25) is 4.79 Å². The third kappa shape index (κ3) is 4.75. The quantitative estimate of drug-likeness (QED) is 0.864. The molecule has 0 aliphatic carbocycles. The molecule has 1 heterocycles. The van der Waals surface area contributed by atoms with Crippen molar-refractivity contribution in [3.63, 3.8) is 0 Å². The number of rotatable bonds is 3. The molecule has 0 fully saturated rings.